The first-order chi connectivity index (χ1) is 8.50. The first kappa shape index (κ1) is 14.8. The fourth-order valence-corrected chi connectivity index (χ4v) is 2.55. The number of aliphatic carboxylic acids is 1. The number of carboxylic acid groups (broad SMARTS) is 1. The number of carbonyl (C=O) groups is 2. The van der Waals surface area contributed by atoms with E-state index in [1.165, 1.54) is 0 Å². The van der Waals surface area contributed by atoms with Crippen LogP contribution in [0.3, 0.4) is 0 Å². The first-order valence-electron chi connectivity index (χ1n) is 6.79. The van der Waals surface area contributed by atoms with Crippen LogP contribution in [0.4, 0.5) is 4.79 Å². The number of urea groups is 1. The van der Waals surface area contributed by atoms with Crippen molar-refractivity contribution in [3.8, 4) is 0 Å². The molecule has 1 rings (SSSR count). The highest BCUT2D eigenvalue weighted by molar-refractivity contribution is 5.86. The van der Waals surface area contributed by atoms with E-state index in [2.05, 4.69) is 10.6 Å². The molecule has 3 N–H and O–H groups in total. The number of hydrogen-bond donors (Lipinski definition) is 3. The standard InChI is InChI=1S/C13H24N2O3/c1-3-4-8-14-12(18)15-13(11(16)17)7-5-6-10(2)9-13/h10H,3-9H2,1-2H3,(H,16,17)(H2,14,15,18). The van der Waals surface area contributed by atoms with Crippen LogP contribution in [0.1, 0.15) is 52.4 Å². The molecule has 0 heterocycles. The highest BCUT2D eigenvalue weighted by atomic mass is 16.4. The van der Waals surface area contributed by atoms with Crippen molar-refractivity contribution in [1.82, 2.24) is 10.6 Å². The third kappa shape index (κ3) is 3.89. The summed E-state index contributed by atoms with van der Waals surface area (Å²) in [5.41, 5.74) is -1.08. The van der Waals surface area contributed by atoms with E-state index >= 15 is 0 Å². The fraction of sp³-hybridized carbons (Fsp3) is 0.846. The van der Waals surface area contributed by atoms with Gasteiger partial charge in [-0.15, -0.1) is 0 Å². The molecule has 5 heteroatoms. The third-order valence-electron chi connectivity index (χ3n) is 3.58. The quantitative estimate of drug-likeness (QED) is 0.659. The van der Waals surface area contributed by atoms with Crippen LogP contribution in [0.5, 0.6) is 0 Å². The zero-order chi connectivity index (χ0) is 13.6. The fourth-order valence-electron chi connectivity index (χ4n) is 2.55. The van der Waals surface area contributed by atoms with Gasteiger partial charge in [0, 0.05) is 6.54 Å². The van der Waals surface area contributed by atoms with Crippen molar-refractivity contribution >= 4 is 12.0 Å². The SMILES string of the molecule is CCCCNC(=O)NC1(C(=O)O)CCCC(C)C1. The predicted octanol–water partition coefficient (Wildman–Crippen LogP) is 2.12. The van der Waals surface area contributed by atoms with E-state index in [9.17, 15) is 14.7 Å². The van der Waals surface area contributed by atoms with Gasteiger partial charge in [-0.05, 0) is 25.2 Å². The molecule has 2 atom stereocenters. The summed E-state index contributed by atoms with van der Waals surface area (Å²) in [5.74, 6) is -0.578. The molecule has 104 valence electrons. The molecular formula is C13H24N2O3. The van der Waals surface area contributed by atoms with Gasteiger partial charge in [-0.2, -0.15) is 0 Å². The van der Waals surface area contributed by atoms with Crippen LogP contribution >= 0.6 is 0 Å². The summed E-state index contributed by atoms with van der Waals surface area (Å²) in [7, 11) is 0. The number of rotatable bonds is 5. The molecule has 1 aliphatic carbocycles. The largest absolute Gasteiger partial charge is 0.480 e. The van der Waals surface area contributed by atoms with Crippen LogP contribution in [-0.4, -0.2) is 29.2 Å². The van der Waals surface area contributed by atoms with Gasteiger partial charge in [-0.25, -0.2) is 9.59 Å². The number of amides is 2. The number of carboxylic acids is 1. The normalized spacial score (nSPS) is 27.6. The first-order valence-corrected chi connectivity index (χ1v) is 6.79. The molecule has 1 saturated carbocycles. The molecular weight excluding hydrogens is 232 g/mol. The smallest absolute Gasteiger partial charge is 0.329 e. The average Bonchev–Trinajstić information content (AvgIpc) is 2.29. The second-order valence-electron chi connectivity index (χ2n) is 5.32. The van der Waals surface area contributed by atoms with E-state index in [0.29, 0.717) is 25.3 Å². The van der Waals surface area contributed by atoms with Crippen molar-refractivity contribution < 1.29 is 14.7 Å². The van der Waals surface area contributed by atoms with Crippen LogP contribution in [-0.2, 0) is 4.79 Å². The molecule has 0 radical (unpaired) electrons. The van der Waals surface area contributed by atoms with E-state index in [-0.39, 0.29) is 6.03 Å². The van der Waals surface area contributed by atoms with E-state index in [1.807, 2.05) is 13.8 Å². The van der Waals surface area contributed by atoms with E-state index in [0.717, 1.165) is 25.7 Å². The van der Waals surface area contributed by atoms with E-state index in [4.69, 9.17) is 0 Å². The van der Waals surface area contributed by atoms with Crippen molar-refractivity contribution in [2.75, 3.05) is 6.54 Å². The zero-order valence-corrected chi connectivity index (χ0v) is 11.3. The lowest BCUT2D eigenvalue weighted by Crippen LogP contribution is -2.59. The van der Waals surface area contributed by atoms with Gasteiger partial charge in [-0.3, -0.25) is 0 Å². The monoisotopic (exact) mass is 256 g/mol. The van der Waals surface area contributed by atoms with Crippen LogP contribution in [0.25, 0.3) is 0 Å². The van der Waals surface area contributed by atoms with Crippen molar-refractivity contribution in [2.24, 2.45) is 5.92 Å². The zero-order valence-electron chi connectivity index (χ0n) is 11.3. The Labute approximate surface area is 108 Å². The molecule has 0 aliphatic heterocycles. The van der Waals surface area contributed by atoms with E-state index in [1.54, 1.807) is 0 Å². The summed E-state index contributed by atoms with van der Waals surface area (Å²) in [6.45, 7) is 4.67. The van der Waals surface area contributed by atoms with Gasteiger partial charge in [0.25, 0.3) is 0 Å². The lowest BCUT2D eigenvalue weighted by atomic mass is 9.76. The number of unbranched alkanes of at least 4 members (excludes halogenated alkanes) is 1. The Morgan fingerprint density at radius 2 is 2.17 bits per heavy atom. The maximum absolute atomic E-state index is 11.7. The Balaban J connectivity index is 2.57. The van der Waals surface area contributed by atoms with Gasteiger partial charge in [0.1, 0.15) is 5.54 Å². The van der Waals surface area contributed by atoms with Crippen molar-refractivity contribution in [2.45, 2.75) is 57.9 Å². The second-order valence-corrected chi connectivity index (χ2v) is 5.32. The van der Waals surface area contributed by atoms with Crippen LogP contribution < -0.4 is 10.6 Å². The number of nitrogens with one attached hydrogen (secondary N) is 2. The van der Waals surface area contributed by atoms with Gasteiger partial charge in [-0.1, -0.05) is 33.1 Å². The highest BCUT2D eigenvalue weighted by Crippen LogP contribution is 2.32. The number of carbonyl (C=O) groups excluding carboxylic acids is 1. The molecule has 18 heavy (non-hydrogen) atoms. The molecule has 0 aromatic carbocycles. The molecule has 0 spiro atoms. The van der Waals surface area contributed by atoms with Gasteiger partial charge >= 0.3 is 12.0 Å². The maximum atomic E-state index is 11.7. The lowest BCUT2D eigenvalue weighted by molar-refractivity contribution is -0.146. The van der Waals surface area contributed by atoms with Gasteiger partial charge in [0.15, 0.2) is 0 Å². The third-order valence-corrected chi connectivity index (χ3v) is 3.58. The molecule has 0 bridgehead atoms. The molecule has 0 aromatic rings. The minimum atomic E-state index is -1.08. The van der Waals surface area contributed by atoms with E-state index < -0.39 is 11.5 Å². The Morgan fingerprint density at radius 1 is 1.44 bits per heavy atom. The van der Waals surface area contributed by atoms with Crippen molar-refractivity contribution in [1.29, 1.82) is 0 Å². The van der Waals surface area contributed by atoms with Gasteiger partial charge in [0.2, 0.25) is 0 Å². The molecule has 5 nitrogen and oxygen atoms in total. The Bertz CT molecular complexity index is 307. The van der Waals surface area contributed by atoms with Crippen molar-refractivity contribution in [3.63, 3.8) is 0 Å². The highest BCUT2D eigenvalue weighted by Gasteiger charge is 2.43. The molecule has 2 unspecified atom stereocenters. The van der Waals surface area contributed by atoms with Gasteiger partial charge < -0.3 is 15.7 Å². The summed E-state index contributed by atoms with van der Waals surface area (Å²) in [4.78, 5) is 23.2. The Morgan fingerprint density at radius 3 is 2.72 bits per heavy atom. The van der Waals surface area contributed by atoms with Crippen LogP contribution in [0, 0.1) is 5.92 Å². The molecule has 0 aromatic heterocycles. The van der Waals surface area contributed by atoms with Crippen LogP contribution in [0.2, 0.25) is 0 Å². The maximum Gasteiger partial charge on any atom is 0.329 e. The Kier molecular flexibility index (Phi) is 5.44. The molecule has 2 amide bonds. The summed E-state index contributed by atoms with van der Waals surface area (Å²) in [5, 5.41) is 14.8. The summed E-state index contributed by atoms with van der Waals surface area (Å²) in [6, 6.07) is -0.361. The molecule has 1 aliphatic rings. The summed E-state index contributed by atoms with van der Waals surface area (Å²) >= 11 is 0. The minimum Gasteiger partial charge on any atom is -0.480 e. The lowest BCUT2D eigenvalue weighted by Gasteiger charge is -2.37. The second kappa shape index (κ2) is 6.61. The van der Waals surface area contributed by atoms with Crippen LogP contribution in [0.15, 0.2) is 0 Å². The predicted molar refractivity (Wildman–Crippen MR) is 69.4 cm³/mol. The van der Waals surface area contributed by atoms with Crippen molar-refractivity contribution in [3.05, 3.63) is 0 Å². The minimum absolute atomic E-state index is 0.339. The molecule has 1 fully saturated rings. The average molecular weight is 256 g/mol. The summed E-state index contributed by atoms with van der Waals surface area (Å²) in [6.07, 6.45) is 4.83. The summed E-state index contributed by atoms with van der Waals surface area (Å²) < 4.78 is 0. The topological polar surface area (TPSA) is 78.4 Å². The molecule has 0 saturated heterocycles. The van der Waals surface area contributed by atoms with Gasteiger partial charge in [0.05, 0.1) is 0 Å². The number of hydrogen-bond acceptors (Lipinski definition) is 2. The Hall–Kier alpha value is -1.26.